The summed E-state index contributed by atoms with van der Waals surface area (Å²) < 4.78 is 30.5. The smallest absolute Gasteiger partial charge is 0.390 e. The zero-order valence-corrected chi connectivity index (χ0v) is 13.5. The van der Waals surface area contributed by atoms with Crippen LogP contribution in [0, 0.1) is 23.0 Å². The van der Waals surface area contributed by atoms with Crippen LogP contribution in [0.3, 0.4) is 0 Å². The Balaban J connectivity index is 2.07. The van der Waals surface area contributed by atoms with Gasteiger partial charge in [-0.2, -0.15) is 13.5 Å². The molecule has 0 radical (unpaired) electrons. The second-order valence-corrected chi connectivity index (χ2v) is 5.35. The van der Waals surface area contributed by atoms with Crippen LogP contribution in [-0.2, 0) is 11.3 Å². The third-order valence-electron chi connectivity index (χ3n) is 3.41. The van der Waals surface area contributed by atoms with Gasteiger partial charge in [0.15, 0.2) is 0 Å². The molecule has 2 rings (SSSR count). The molecule has 1 amide bonds. The number of anilines is 1. The molecule has 8 nitrogen and oxygen atoms in total. The Hall–Kier alpha value is -3.04. The predicted octanol–water partition coefficient (Wildman–Crippen LogP) is 2.98. The van der Waals surface area contributed by atoms with E-state index in [2.05, 4.69) is 15.2 Å². The first kappa shape index (κ1) is 18.3. The molecule has 1 heterocycles. The Morgan fingerprint density at radius 1 is 1.44 bits per heavy atom. The highest BCUT2D eigenvalue weighted by molar-refractivity contribution is 5.93. The van der Waals surface area contributed by atoms with Crippen LogP contribution < -0.4 is 10.1 Å². The van der Waals surface area contributed by atoms with E-state index < -0.39 is 23.4 Å². The second-order valence-electron chi connectivity index (χ2n) is 5.35. The van der Waals surface area contributed by atoms with Crippen LogP contribution in [-0.4, -0.2) is 27.2 Å². The molecule has 0 saturated carbocycles. The lowest BCUT2D eigenvalue weighted by Gasteiger charge is -2.14. The fourth-order valence-corrected chi connectivity index (χ4v) is 2.13. The van der Waals surface area contributed by atoms with Crippen LogP contribution in [0.2, 0.25) is 0 Å². The van der Waals surface area contributed by atoms with Crippen molar-refractivity contribution in [2.45, 2.75) is 27.0 Å². The molecule has 0 fully saturated rings. The van der Waals surface area contributed by atoms with Gasteiger partial charge in [0.25, 0.3) is 0 Å². The first-order chi connectivity index (χ1) is 11.8. The van der Waals surface area contributed by atoms with Gasteiger partial charge in [0.05, 0.1) is 35.0 Å². The van der Waals surface area contributed by atoms with Crippen LogP contribution in [0.15, 0.2) is 30.3 Å². The molecule has 0 spiro atoms. The highest BCUT2D eigenvalue weighted by Crippen LogP contribution is 2.26. The summed E-state index contributed by atoms with van der Waals surface area (Å²) in [5.74, 6) is -1.52. The van der Waals surface area contributed by atoms with E-state index in [1.54, 1.807) is 19.9 Å². The fraction of sp³-hybridized carbons (Fsp3) is 0.333. The maximum absolute atomic E-state index is 12.4. The number of benzene rings is 1. The first-order valence-corrected chi connectivity index (χ1v) is 7.31. The third-order valence-corrected chi connectivity index (χ3v) is 3.41. The van der Waals surface area contributed by atoms with Gasteiger partial charge in [0.2, 0.25) is 5.91 Å². The molecular weight excluding hydrogens is 338 g/mol. The number of ether oxygens (including phenoxy) is 1. The fourth-order valence-electron chi connectivity index (χ4n) is 2.13. The number of carbonyl (C=O) groups excluding carboxylic acids is 1. The summed E-state index contributed by atoms with van der Waals surface area (Å²) in [6, 6.07) is 7.12. The summed E-state index contributed by atoms with van der Waals surface area (Å²) in [6.45, 7) is 0.321. The van der Waals surface area contributed by atoms with Crippen molar-refractivity contribution in [1.82, 2.24) is 9.78 Å². The van der Waals surface area contributed by atoms with Gasteiger partial charge in [0, 0.05) is 0 Å². The van der Waals surface area contributed by atoms with E-state index >= 15 is 0 Å². The van der Waals surface area contributed by atoms with Crippen LogP contribution in [0.5, 0.6) is 5.75 Å². The van der Waals surface area contributed by atoms with Crippen molar-refractivity contribution in [3.8, 4) is 5.75 Å². The van der Waals surface area contributed by atoms with Gasteiger partial charge in [-0.05, 0) is 24.0 Å². The minimum atomic E-state index is -3.01. The molecule has 1 N–H and O–H groups in total. The summed E-state index contributed by atoms with van der Waals surface area (Å²) in [7, 11) is 0. The maximum atomic E-state index is 12.4. The van der Waals surface area contributed by atoms with Crippen molar-refractivity contribution in [3.05, 3.63) is 46.1 Å². The molecule has 0 bridgehead atoms. The van der Waals surface area contributed by atoms with Crippen LogP contribution in [0.4, 0.5) is 20.3 Å². The SMILES string of the molecule is Cc1cc([N+](=O)[O-])nn1CC(C)C(=O)Nc1ccccc1OC(F)F. The number of rotatable bonds is 7. The summed E-state index contributed by atoms with van der Waals surface area (Å²) >= 11 is 0. The molecular formula is C15H16F2N4O4. The predicted molar refractivity (Wildman–Crippen MR) is 84.5 cm³/mol. The lowest BCUT2D eigenvalue weighted by molar-refractivity contribution is -0.389. The molecule has 1 aromatic heterocycles. The Kier molecular flexibility index (Phi) is 5.63. The van der Waals surface area contributed by atoms with Crippen molar-refractivity contribution < 1.29 is 23.2 Å². The Labute approximate surface area is 141 Å². The Morgan fingerprint density at radius 3 is 2.72 bits per heavy atom. The number of alkyl halides is 2. The number of para-hydroxylation sites is 2. The minimum Gasteiger partial charge on any atom is -0.433 e. The average Bonchev–Trinajstić information content (AvgIpc) is 2.90. The van der Waals surface area contributed by atoms with Gasteiger partial charge in [-0.15, -0.1) is 0 Å². The summed E-state index contributed by atoms with van der Waals surface area (Å²) in [5, 5.41) is 17.1. The van der Waals surface area contributed by atoms with Gasteiger partial charge >= 0.3 is 12.4 Å². The summed E-state index contributed by atoms with van der Waals surface area (Å²) in [4.78, 5) is 22.4. The van der Waals surface area contributed by atoms with Gasteiger partial charge in [0.1, 0.15) is 5.75 Å². The van der Waals surface area contributed by atoms with Crippen LogP contribution >= 0.6 is 0 Å². The van der Waals surface area contributed by atoms with E-state index in [-0.39, 0.29) is 23.8 Å². The molecule has 25 heavy (non-hydrogen) atoms. The summed E-state index contributed by atoms with van der Waals surface area (Å²) in [6.07, 6.45) is 0. The average molecular weight is 354 g/mol. The number of aromatic nitrogens is 2. The van der Waals surface area contributed by atoms with E-state index in [1.165, 1.54) is 28.9 Å². The number of amides is 1. The molecule has 0 aliphatic carbocycles. The molecule has 0 aliphatic rings. The topological polar surface area (TPSA) is 99.3 Å². The number of hydrogen-bond acceptors (Lipinski definition) is 5. The minimum absolute atomic E-state index is 0.101. The molecule has 0 saturated heterocycles. The number of nitrogens with one attached hydrogen (secondary N) is 1. The number of hydrogen-bond donors (Lipinski definition) is 1. The summed E-state index contributed by atoms with van der Waals surface area (Å²) in [5.41, 5.74) is 0.649. The monoisotopic (exact) mass is 354 g/mol. The Morgan fingerprint density at radius 2 is 2.12 bits per heavy atom. The van der Waals surface area contributed by atoms with E-state index in [0.29, 0.717) is 5.69 Å². The van der Waals surface area contributed by atoms with Gasteiger partial charge in [-0.1, -0.05) is 19.1 Å². The standard InChI is InChI=1S/C15H16F2N4O4/c1-9(8-20-10(2)7-13(19-20)21(23)24)14(22)18-11-5-3-4-6-12(11)25-15(16)17/h3-7,9,15H,8H2,1-2H3,(H,18,22). The zero-order valence-electron chi connectivity index (χ0n) is 13.5. The normalized spacial score (nSPS) is 12.0. The number of aryl methyl sites for hydroxylation is 1. The molecule has 1 atom stereocenters. The molecule has 1 aromatic carbocycles. The van der Waals surface area contributed by atoms with E-state index in [9.17, 15) is 23.7 Å². The van der Waals surface area contributed by atoms with Crippen molar-refractivity contribution in [3.63, 3.8) is 0 Å². The largest absolute Gasteiger partial charge is 0.433 e. The number of halogens is 2. The van der Waals surface area contributed by atoms with Crippen molar-refractivity contribution in [2.24, 2.45) is 5.92 Å². The molecule has 10 heteroatoms. The van der Waals surface area contributed by atoms with Gasteiger partial charge in [-0.3, -0.25) is 4.79 Å². The van der Waals surface area contributed by atoms with Crippen molar-refractivity contribution >= 4 is 17.4 Å². The highest BCUT2D eigenvalue weighted by Gasteiger charge is 2.21. The lowest BCUT2D eigenvalue weighted by Crippen LogP contribution is -2.25. The molecule has 134 valence electrons. The highest BCUT2D eigenvalue weighted by atomic mass is 19.3. The first-order valence-electron chi connectivity index (χ1n) is 7.31. The van der Waals surface area contributed by atoms with Crippen LogP contribution in [0.25, 0.3) is 0 Å². The number of nitrogens with zero attached hydrogens (tertiary/aromatic N) is 3. The molecule has 0 aliphatic heterocycles. The van der Waals surface area contributed by atoms with Crippen LogP contribution in [0.1, 0.15) is 12.6 Å². The number of nitro groups is 1. The van der Waals surface area contributed by atoms with E-state index in [1.807, 2.05) is 0 Å². The molecule has 1 unspecified atom stereocenters. The zero-order chi connectivity index (χ0) is 18.6. The quantitative estimate of drug-likeness (QED) is 0.609. The van der Waals surface area contributed by atoms with Gasteiger partial charge in [-0.25, -0.2) is 0 Å². The third kappa shape index (κ3) is 4.72. The van der Waals surface area contributed by atoms with Crippen molar-refractivity contribution in [2.75, 3.05) is 5.32 Å². The van der Waals surface area contributed by atoms with Crippen molar-refractivity contribution in [1.29, 1.82) is 0 Å². The second kappa shape index (κ2) is 7.69. The number of carbonyl (C=O) groups is 1. The maximum Gasteiger partial charge on any atom is 0.390 e. The van der Waals surface area contributed by atoms with E-state index in [0.717, 1.165) is 0 Å². The van der Waals surface area contributed by atoms with E-state index in [4.69, 9.17) is 0 Å². The molecule has 2 aromatic rings. The Bertz CT molecular complexity index is 779. The van der Waals surface area contributed by atoms with Gasteiger partial charge < -0.3 is 20.2 Å². The lowest BCUT2D eigenvalue weighted by atomic mass is 10.1.